The first-order valence-corrected chi connectivity index (χ1v) is 17.7. The van der Waals surface area contributed by atoms with Crippen LogP contribution in [0, 0.1) is 53.0 Å². The average molecular weight is 687 g/mol. The summed E-state index contributed by atoms with van der Waals surface area (Å²) in [7, 11) is 0. The lowest BCUT2D eigenvalue weighted by molar-refractivity contribution is -0.394. The minimum absolute atomic E-state index is 0.0627. The second-order valence-electron chi connectivity index (χ2n) is 12.8. The van der Waals surface area contributed by atoms with Gasteiger partial charge in [0.15, 0.2) is 0 Å². The number of carbonyl (C=O) groups excluding carboxylic acids is 1. The summed E-state index contributed by atoms with van der Waals surface area (Å²) in [5, 5.41) is 56.0. The first-order chi connectivity index (χ1) is 24.1. The van der Waals surface area contributed by atoms with Crippen LogP contribution in [0.1, 0.15) is 138 Å². The van der Waals surface area contributed by atoms with Gasteiger partial charge in [-0.1, -0.05) is 104 Å². The van der Waals surface area contributed by atoms with Crippen molar-refractivity contribution < 1.29 is 19.6 Å². The van der Waals surface area contributed by atoms with Crippen LogP contribution in [0.25, 0.3) is 16.7 Å². The summed E-state index contributed by atoms with van der Waals surface area (Å²) >= 11 is 0. The Labute approximate surface area is 293 Å². The van der Waals surface area contributed by atoms with E-state index < -0.39 is 43.3 Å². The van der Waals surface area contributed by atoms with Crippen LogP contribution in [0.3, 0.4) is 0 Å². The molecule has 13 nitrogen and oxygen atoms in total. The lowest BCUT2D eigenvalue weighted by Crippen LogP contribution is -2.33. The number of rotatable bonds is 22. The second-order valence-corrected chi connectivity index (χ2v) is 12.8. The first kappa shape index (κ1) is 39.3. The van der Waals surface area contributed by atoms with E-state index in [0.29, 0.717) is 19.2 Å². The zero-order valence-electron chi connectivity index (χ0n) is 29.1. The number of carbonyl (C=O) groups is 1. The molecular formula is C37H46N6O7. The van der Waals surface area contributed by atoms with Crippen molar-refractivity contribution in [3.63, 3.8) is 0 Å². The minimum atomic E-state index is -0.894. The van der Waals surface area contributed by atoms with Gasteiger partial charge in [0, 0.05) is 47.5 Å². The maximum atomic E-state index is 14.2. The van der Waals surface area contributed by atoms with Crippen LogP contribution < -0.4 is 0 Å². The number of hydrogen-bond acceptors (Lipinski definition) is 9. The molecule has 0 saturated carbocycles. The zero-order valence-corrected chi connectivity index (χ0v) is 29.1. The number of unbranched alkanes of at least 4 members (excludes halogenated alkanes) is 14. The van der Waals surface area contributed by atoms with Crippen LogP contribution in [0.15, 0.2) is 29.8 Å². The summed E-state index contributed by atoms with van der Waals surface area (Å²) in [6.07, 6.45) is 17.2. The van der Waals surface area contributed by atoms with Crippen molar-refractivity contribution in [2.75, 3.05) is 13.1 Å². The molecule has 2 aromatic rings. The summed E-state index contributed by atoms with van der Waals surface area (Å²) in [6.45, 7) is 5.23. The summed E-state index contributed by atoms with van der Waals surface area (Å²) in [4.78, 5) is 49.7. The van der Waals surface area contributed by atoms with Gasteiger partial charge in [0.2, 0.25) is 0 Å². The fourth-order valence-electron chi connectivity index (χ4n) is 6.60. The van der Waals surface area contributed by atoms with Gasteiger partial charge in [-0.3, -0.25) is 35.1 Å². The zero-order chi connectivity index (χ0) is 36.6. The third-order valence-electron chi connectivity index (χ3n) is 9.18. The van der Waals surface area contributed by atoms with Crippen LogP contribution >= 0.6 is 0 Å². The molecule has 0 atom stereocenters. The smallest absolute Gasteiger partial charge is 0.284 e. The standard InChI is InChI=1S/C37H46N6O7/c1-3-5-7-9-11-13-15-17-19-40(20-18-16-14-12-10-8-6-4-2)37(44)27-21-30-34(28(25-38)26-39)31-23-29(41(45)46)24-33(43(49)50)36(31)35(30)32(22-27)42(47)48/h21-24H,3-20H2,1-2H3. The topological polar surface area (TPSA) is 197 Å². The van der Waals surface area contributed by atoms with Crippen LogP contribution in [-0.2, 0) is 0 Å². The predicted molar refractivity (Wildman–Crippen MR) is 190 cm³/mol. The Morgan fingerprint density at radius 1 is 0.620 bits per heavy atom. The van der Waals surface area contributed by atoms with E-state index in [4.69, 9.17) is 0 Å². The van der Waals surface area contributed by atoms with Crippen molar-refractivity contribution in [3.8, 4) is 23.3 Å². The third kappa shape index (κ3) is 9.94. The number of nitro groups is 3. The van der Waals surface area contributed by atoms with E-state index in [1.165, 1.54) is 57.4 Å². The number of nitro benzene ring substituents is 3. The van der Waals surface area contributed by atoms with E-state index in [9.17, 15) is 45.7 Å². The molecule has 266 valence electrons. The molecule has 0 aliphatic heterocycles. The number of nitrogens with zero attached hydrogens (tertiary/aromatic N) is 6. The molecule has 0 aromatic heterocycles. The molecule has 0 spiro atoms. The largest absolute Gasteiger partial charge is 0.339 e. The van der Waals surface area contributed by atoms with Gasteiger partial charge in [0.25, 0.3) is 23.0 Å². The number of hydrogen-bond donors (Lipinski definition) is 0. The van der Waals surface area contributed by atoms with E-state index in [0.717, 1.165) is 63.5 Å². The van der Waals surface area contributed by atoms with Crippen molar-refractivity contribution in [1.82, 2.24) is 4.90 Å². The average Bonchev–Trinajstić information content (AvgIpc) is 3.42. The second kappa shape index (κ2) is 19.7. The number of fused-ring (bicyclic) bond motifs is 3. The number of non-ortho nitro benzene ring substituents is 1. The Hall–Kier alpha value is -5.17. The van der Waals surface area contributed by atoms with Crippen LogP contribution in [-0.4, -0.2) is 38.7 Å². The van der Waals surface area contributed by atoms with Crippen molar-refractivity contribution in [2.24, 2.45) is 0 Å². The molecule has 1 aliphatic rings. The van der Waals surface area contributed by atoms with E-state index in [2.05, 4.69) is 13.8 Å². The fourth-order valence-corrected chi connectivity index (χ4v) is 6.60. The maximum Gasteiger partial charge on any atom is 0.284 e. The lowest BCUT2D eigenvalue weighted by atomic mass is 9.96. The normalized spacial score (nSPS) is 11.3. The summed E-state index contributed by atoms with van der Waals surface area (Å²) in [5.41, 5.74) is -3.82. The Morgan fingerprint density at radius 3 is 1.46 bits per heavy atom. The monoisotopic (exact) mass is 686 g/mol. The number of allylic oxidation sites excluding steroid dienone is 1. The van der Waals surface area contributed by atoms with Gasteiger partial charge in [0.05, 0.1) is 32.0 Å². The van der Waals surface area contributed by atoms with Crippen molar-refractivity contribution in [3.05, 3.63) is 76.9 Å². The van der Waals surface area contributed by atoms with Crippen LogP contribution in [0.4, 0.5) is 17.1 Å². The summed E-state index contributed by atoms with van der Waals surface area (Å²) in [6, 6.07) is 7.49. The molecule has 0 bridgehead atoms. The Bertz CT molecular complexity index is 1650. The van der Waals surface area contributed by atoms with Crippen LogP contribution in [0.2, 0.25) is 0 Å². The Kier molecular flexibility index (Phi) is 15.5. The molecule has 0 fully saturated rings. The van der Waals surface area contributed by atoms with Gasteiger partial charge in [0.1, 0.15) is 17.7 Å². The molecule has 0 N–H and O–H groups in total. The highest BCUT2D eigenvalue weighted by molar-refractivity contribution is 6.11. The van der Waals surface area contributed by atoms with Gasteiger partial charge < -0.3 is 4.90 Å². The van der Waals surface area contributed by atoms with Gasteiger partial charge in [-0.2, -0.15) is 10.5 Å². The predicted octanol–water partition coefficient (Wildman–Crippen LogP) is 9.96. The lowest BCUT2D eigenvalue weighted by Gasteiger charge is -2.23. The quantitative estimate of drug-likeness (QED) is 0.0427. The fraction of sp³-hybridized carbons (Fsp3) is 0.541. The molecule has 13 heteroatoms. The minimum Gasteiger partial charge on any atom is -0.339 e. The molecule has 0 radical (unpaired) electrons. The highest BCUT2D eigenvalue weighted by atomic mass is 16.6. The molecule has 1 amide bonds. The molecule has 3 rings (SSSR count). The number of benzene rings is 2. The van der Waals surface area contributed by atoms with E-state index in [1.807, 2.05) is 0 Å². The number of amides is 1. The molecule has 2 aromatic carbocycles. The highest BCUT2D eigenvalue weighted by Gasteiger charge is 2.41. The molecule has 50 heavy (non-hydrogen) atoms. The van der Waals surface area contributed by atoms with E-state index in [-0.39, 0.29) is 33.4 Å². The highest BCUT2D eigenvalue weighted by Crippen LogP contribution is 2.54. The van der Waals surface area contributed by atoms with Gasteiger partial charge in [-0.25, -0.2) is 0 Å². The Morgan fingerprint density at radius 2 is 1.04 bits per heavy atom. The summed E-state index contributed by atoms with van der Waals surface area (Å²) in [5.74, 6) is -0.465. The molecular weight excluding hydrogens is 640 g/mol. The summed E-state index contributed by atoms with van der Waals surface area (Å²) < 4.78 is 0. The number of nitriles is 2. The van der Waals surface area contributed by atoms with E-state index >= 15 is 0 Å². The first-order valence-electron chi connectivity index (χ1n) is 17.7. The van der Waals surface area contributed by atoms with Crippen molar-refractivity contribution in [2.45, 2.75) is 117 Å². The maximum absolute atomic E-state index is 14.2. The van der Waals surface area contributed by atoms with E-state index in [1.54, 1.807) is 17.0 Å². The molecule has 0 unspecified atom stereocenters. The Balaban J connectivity index is 2.03. The van der Waals surface area contributed by atoms with Crippen molar-refractivity contribution >= 4 is 28.5 Å². The van der Waals surface area contributed by atoms with Gasteiger partial charge >= 0.3 is 0 Å². The van der Waals surface area contributed by atoms with Gasteiger partial charge in [-0.15, -0.1) is 0 Å². The van der Waals surface area contributed by atoms with Gasteiger partial charge in [-0.05, 0) is 18.9 Å². The third-order valence-corrected chi connectivity index (χ3v) is 9.18. The molecule has 0 saturated heterocycles. The van der Waals surface area contributed by atoms with Crippen molar-refractivity contribution in [1.29, 1.82) is 10.5 Å². The SMILES string of the molecule is CCCCCCCCCCN(CCCCCCCCCC)C(=O)c1cc2c(c([N+](=O)[O-])c1)-c1c(cc([N+](=O)[O-])cc1[N+](=O)[O-])C2=C(C#N)C#N. The van der Waals surface area contributed by atoms with Crippen LogP contribution in [0.5, 0.6) is 0 Å². The molecule has 1 aliphatic carbocycles. The molecule has 0 heterocycles.